The average Bonchev–Trinajstić information content (AvgIpc) is 2.83. The largest absolute Gasteiger partial charge is 0.333 e. The fraction of sp³-hybridized carbons (Fsp3) is 0.625. The zero-order valence-electron chi connectivity index (χ0n) is 8.36. The molecule has 14 heavy (non-hydrogen) atoms. The first-order chi connectivity index (χ1) is 6.44. The lowest BCUT2D eigenvalue weighted by Crippen LogP contribution is -2.30. The van der Waals surface area contributed by atoms with Crippen LogP contribution in [0.4, 0.5) is 0 Å². The molecule has 0 aromatic rings. The van der Waals surface area contributed by atoms with E-state index < -0.39 is 15.9 Å². The summed E-state index contributed by atoms with van der Waals surface area (Å²) < 4.78 is 23.2. The van der Waals surface area contributed by atoms with Crippen LogP contribution in [0.1, 0.15) is 9.27 Å². The third-order valence-electron chi connectivity index (χ3n) is 1.77. The summed E-state index contributed by atoms with van der Waals surface area (Å²) in [5.41, 5.74) is 4.50. The fourth-order valence-electron chi connectivity index (χ4n) is 1.04. The van der Waals surface area contributed by atoms with Gasteiger partial charge in [0.2, 0.25) is 15.9 Å². The highest BCUT2D eigenvalue weighted by Crippen LogP contribution is 2.39. The van der Waals surface area contributed by atoms with Gasteiger partial charge in [-0.1, -0.05) is 6.08 Å². The molecule has 6 heteroatoms. The average molecular weight is 224 g/mol. The molecule has 0 aromatic heterocycles. The van der Waals surface area contributed by atoms with E-state index in [0.29, 0.717) is 6.42 Å². The van der Waals surface area contributed by atoms with Gasteiger partial charge in [0.25, 0.3) is 0 Å². The predicted molar refractivity (Wildman–Crippen MR) is 59.1 cm³/mol. The second kappa shape index (κ2) is 5.11. The standard InChI is InChI=1S/C7H11NO3S.CH5N.2H2/c1-3-5-4-6(5)7(9)8-12(2,10)11;1-2;;/h3,5-6H,1,4H2,2H3,(H,8,9);2H2,1H3;2*1H/t5-,6+;;;/m1.../s1. The van der Waals surface area contributed by atoms with Crippen molar-refractivity contribution in [2.45, 2.75) is 6.42 Å². The highest BCUT2D eigenvalue weighted by atomic mass is 32.2. The molecule has 0 saturated heterocycles. The number of carbonyl (C=O) groups is 1. The minimum Gasteiger partial charge on any atom is -0.333 e. The molecule has 0 aliphatic heterocycles. The maximum atomic E-state index is 11.1. The molecule has 86 valence electrons. The molecule has 1 aliphatic rings. The summed E-state index contributed by atoms with van der Waals surface area (Å²) in [6.45, 7) is 3.52. The van der Waals surface area contributed by atoms with Crippen molar-refractivity contribution in [1.82, 2.24) is 4.72 Å². The third-order valence-corrected chi connectivity index (χ3v) is 2.34. The van der Waals surface area contributed by atoms with Crippen LogP contribution in [0.2, 0.25) is 0 Å². The van der Waals surface area contributed by atoms with E-state index in [4.69, 9.17) is 0 Å². The number of hydrogen-bond acceptors (Lipinski definition) is 4. The molecule has 5 nitrogen and oxygen atoms in total. The van der Waals surface area contributed by atoms with Crippen LogP contribution in [0.25, 0.3) is 0 Å². The number of carbonyl (C=O) groups excluding carboxylic acids is 1. The van der Waals surface area contributed by atoms with Gasteiger partial charge in [0, 0.05) is 8.77 Å². The van der Waals surface area contributed by atoms with Crippen LogP contribution in [0, 0.1) is 11.8 Å². The Morgan fingerprint density at radius 1 is 1.64 bits per heavy atom. The number of hydrogen-bond donors (Lipinski definition) is 2. The number of allylic oxidation sites excluding steroid dienone is 1. The van der Waals surface area contributed by atoms with E-state index >= 15 is 0 Å². The van der Waals surface area contributed by atoms with Crippen molar-refractivity contribution in [3.8, 4) is 0 Å². The SMILES string of the molecule is C=C[C@@H]1C[C@@H]1C(=O)NS(C)(=O)=O.CN.[HH].[HH]. The number of nitrogens with two attached hydrogens (primary N) is 1. The molecule has 1 amide bonds. The minimum atomic E-state index is -3.39. The lowest BCUT2D eigenvalue weighted by molar-refractivity contribution is -0.120. The van der Waals surface area contributed by atoms with Gasteiger partial charge in [0.1, 0.15) is 0 Å². The summed E-state index contributed by atoms with van der Waals surface area (Å²) in [5.74, 6) is -0.439. The highest BCUT2D eigenvalue weighted by molar-refractivity contribution is 7.89. The first kappa shape index (κ1) is 13.1. The fourth-order valence-corrected chi connectivity index (χ4v) is 1.55. The lowest BCUT2D eigenvalue weighted by Gasteiger charge is -1.99. The zero-order valence-corrected chi connectivity index (χ0v) is 9.17. The Bertz CT molecular complexity index is 319. The Kier molecular flexibility index (Phi) is 4.79. The van der Waals surface area contributed by atoms with Crippen LogP contribution in [-0.2, 0) is 14.8 Å². The summed E-state index contributed by atoms with van der Waals surface area (Å²) in [4.78, 5) is 11.1. The van der Waals surface area contributed by atoms with E-state index in [1.165, 1.54) is 7.05 Å². The van der Waals surface area contributed by atoms with E-state index in [1.54, 1.807) is 6.08 Å². The van der Waals surface area contributed by atoms with E-state index in [2.05, 4.69) is 12.3 Å². The second-order valence-electron chi connectivity index (χ2n) is 2.98. The van der Waals surface area contributed by atoms with Gasteiger partial charge >= 0.3 is 0 Å². The van der Waals surface area contributed by atoms with Crippen molar-refractivity contribution < 1.29 is 16.1 Å². The molecule has 1 saturated carbocycles. The molecule has 1 fully saturated rings. The molecule has 0 aromatic carbocycles. The summed E-state index contributed by atoms with van der Waals surface area (Å²) >= 11 is 0. The van der Waals surface area contributed by atoms with Crippen LogP contribution >= 0.6 is 0 Å². The van der Waals surface area contributed by atoms with Gasteiger partial charge in [0.05, 0.1) is 6.26 Å². The summed E-state index contributed by atoms with van der Waals surface area (Å²) in [7, 11) is -1.89. The first-order valence-corrected chi connectivity index (χ1v) is 6.05. The van der Waals surface area contributed by atoms with Crippen molar-refractivity contribution in [2.24, 2.45) is 17.6 Å². The number of amides is 1. The van der Waals surface area contributed by atoms with E-state index in [1.807, 2.05) is 4.72 Å². The Morgan fingerprint density at radius 2 is 2.14 bits per heavy atom. The zero-order chi connectivity index (χ0) is 11.4. The quantitative estimate of drug-likeness (QED) is 0.658. The van der Waals surface area contributed by atoms with Crippen molar-refractivity contribution >= 4 is 15.9 Å². The van der Waals surface area contributed by atoms with Crippen LogP contribution in [0.15, 0.2) is 12.7 Å². The van der Waals surface area contributed by atoms with Crippen molar-refractivity contribution in [3.05, 3.63) is 12.7 Å². The third kappa shape index (κ3) is 4.38. The van der Waals surface area contributed by atoms with Gasteiger partial charge in [-0.15, -0.1) is 6.58 Å². The minimum absolute atomic E-state index is 0. The van der Waals surface area contributed by atoms with Gasteiger partial charge in [-0.2, -0.15) is 0 Å². The van der Waals surface area contributed by atoms with Gasteiger partial charge in [-0.3, -0.25) is 9.52 Å². The van der Waals surface area contributed by atoms with Gasteiger partial charge in [-0.25, -0.2) is 8.42 Å². The summed E-state index contributed by atoms with van der Waals surface area (Å²) in [6.07, 6.45) is 3.35. The maximum Gasteiger partial charge on any atom is 0.237 e. The maximum absolute atomic E-state index is 11.1. The molecule has 0 radical (unpaired) electrons. The van der Waals surface area contributed by atoms with Crippen molar-refractivity contribution in [2.75, 3.05) is 13.3 Å². The molecule has 0 heterocycles. The van der Waals surface area contributed by atoms with Crippen LogP contribution in [0.5, 0.6) is 0 Å². The first-order valence-electron chi connectivity index (χ1n) is 4.16. The van der Waals surface area contributed by atoms with Crippen LogP contribution < -0.4 is 10.5 Å². The molecule has 0 spiro atoms. The molecule has 1 rings (SSSR count). The number of rotatable bonds is 3. The lowest BCUT2D eigenvalue weighted by atomic mass is 10.3. The van der Waals surface area contributed by atoms with Crippen LogP contribution in [0.3, 0.4) is 0 Å². The van der Waals surface area contributed by atoms with E-state index in [9.17, 15) is 13.2 Å². The predicted octanol–water partition coefficient (Wildman–Crippen LogP) is -0.0488. The van der Waals surface area contributed by atoms with Gasteiger partial charge in [0.15, 0.2) is 0 Å². The topological polar surface area (TPSA) is 89.3 Å². The smallest absolute Gasteiger partial charge is 0.237 e. The summed E-state index contributed by atoms with van der Waals surface area (Å²) in [6, 6.07) is 0. The van der Waals surface area contributed by atoms with Crippen molar-refractivity contribution in [3.63, 3.8) is 0 Å². The number of nitrogens with one attached hydrogen (secondary N) is 1. The Hall–Kier alpha value is -0.880. The monoisotopic (exact) mass is 224 g/mol. The molecule has 0 bridgehead atoms. The van der Waals surface area contributed by atoms with Gasteiger partial charge < -0.3 is 5.73 Å². The van der Waals surface area contributed by atoms with Gasteiger partial charge in [-0.05, 0) is 19.4 Å². The van der Waals surface area contributed by atoms with Crippen molar-refractivity contribution in [1.29, 1.82) is 0 Å². The normalized spacial score (nSPS) is 24.2. The Balaban J connectivity index is -0.000000399. The second-order valence-corrected chi connectivity index (χ2v) is 4.73. The number of sulfonamides is 1. The molecule has 1 aliphatic carbocycles. The summed E-state index contributed by atoms with van der Waals surface area (Å²) in [5, 5.41) is 0. The molecular formula is C8H20N2O3S. The highest BCUT2D eigenvalue weighted by Gasteiger charge is 2.41. The molecular weight excluding hydrogens is 204 g/mol. The molecule has 3 N–H and O–H groups in total. The van der Waals surface area contributed by atoms with E-state index in [-0.39, 0.29) is 14.7 Å². The Labute approximate surface area is 87.4 Å². The van der Waals surface area contributed by atoms with Crippen LogP contribution in [-0.4, -0.2) is 27.6 Å². The molecule has 0 unspecified atom stereocenters. The molecule has 2 atom stereocenters. The van der Waals surface area contributed by atoms with E-state index in [0.717, 1.165) is 6.26 Å². The Morgan fingerprint density at radius 3 is 2.43 bits per heavy atom.